The van der Waals surface area contributed by atoms with E-state index in [1.165, 1.54) is 0 Å². The van der Waals surface area contributed by atoms with Crippen LogP contribution in [0.3, 0.4) is 0 Å². The number of rotatable bonds is 5. The van der Waals surface area contributed by atoms with Crippen LogP contribution < -0.4 is 5.32 Å². The van der Waals surface area contributed by atoms with Crippen LogP contribution in [0.25, 0.3) is 10.9 Å². The van der Waals surface area contributed by atoms with Gasteiger partial charge >= 0.3 is 5.97 Å². The Bertz CT molecular complexity index is 599. The average Bonchev–Trinajstić information content (AvgIpc) is 2.75. The molecule has 0 saturated carbocycles. The van der Waals surface area contributed by atoms with E-state index in [0.29, 0.717) is 5.56 Å². The largest absolute Gasteiger partial charge is 0.478 e. The van der Waals surface area contributed by atoms with Gasteiger partial charge in [0.05, 0.1) is 11.1 Å². The number of para-hydroxylation sites is 1. The predicted molar refractivity (Wildman–Crippen MR) is 76.7 cm³/mol. The number of aromatic carboxylic acids is 1. The molecule has 0 bridgehead atoms. The van der Waals surface area contributed by atoms with Crippen LogP contribution >= 0.6 is 0 Å². The Morgan fingerprint density at radius 1 is 1.42 bits per heavy atom. The molecule has 1 aromatic carbocycles. The molecule has 4 nitrogen and oxygen atoms in total. The Labute approximate surface area is 113 Å². The molecular weight excluding hydrogens is 240 g/mol. The molecule has 0 unspecified atom stereocenters. The highest BCUT2D eigenvalue weighted by Crippen LogP contribution is 2.27. The van der Waals surface area contributed by atoms with Crippen LogP contribution in [0.2, 0.25) is 0 Å². The molecule has 2 N–H and O–H groups in total. The fraction of sp³-hybridized carbons (Fsp3) is 0.400. The zero-order chi connectivity index (χ0) is 14.0. The molecule has 4 heteroatoms. The lowest BCUT2D eigenvalue weighted by atomic mass is 10.1. The first kappa shape index (κ1) is 13.6. The van der Waals surface area contributed by atoms with Gasteiger partial charge in [0.1, 0.15) is 0 Å². The first-order chi connectivity index (χ1) is 9.06. The van der Waals surface area contributed by atoms with E-state index in [9.17, 15) is 9.90 Å². The van der Waals surface area contributed by atoms with Crippen LogP contribution in [0.5, 0.6) is 0 Å². The minimum absolute atomic E-state index is 0.235. The second kappa shape index (κ2) is 5.45. The van der Waals surface area contributed by atoms with Crippen molar-refractivity contribution in [2.24, 2.45) is 0 Å². The summed E-state index contributed by atoms with van der Waals surface area (Å²) in [5, 5.41) is 13.7. The summed E-state index contributed by atoms with van der Waals surface area (Å²) in [5.41, 5.74) is 2.33. The third-order valence-electron chi connectivity index (χ3n) is 3.29. The van der Waals surface area contributed by atoms with Crippen LogP contribution in [-0.2, 0) is 6.54 Å². The van der Waals surface area contributed by atoms with Crippen LogP contribution in [-0.4, -0.2) is 22.2 Å². The molecule has 0 aliphatic heterocycles. The minimum atomic E-state index is -0.874. The summed E-state index contributed by atoms with van der Waals surface area (Å²) in [7, 11) is 0. The van der Waals surface area contributed by atoms with Crippen LogP contribution in [0.4, 0.5) is 0 Å². The minimum Gasteiger partial charge on any atom is -0.478 e. The molecule has 19 heavy (non-hydrogen) atoms. The molecule has 102 valence electrons. The number of benzene rings is 1. The second-order valence-electron chi connectivity index (χ2n) is 4.94. The van der Waals surface area contributed by atoms with Crippen LogP contribution in [0.15, 0.2) is 24.4 Å². The number of hydrogen-bond acceptors (Lipinski definition) is 2. The first-order valence-electron chi connectivity index (χ1n) is 6.62. The highest BCUT2D eigenvalue weighted by molar-refractivity contribution is 6.03. The Hall–Kier alpha value is -1.81. The van der Waals surface area contributed by atoms with Gasteiger partial charge in [-0.2, -0.15) is 0 Å². The highest BCUT2D eigenvalue weighted by atomic mass is 16.4. The van der Waals surface area contributed by atoms with Crippen molar-refractivity contribution in [2.75, 3.05) is 6.54 Å². The number of aromatic nitrogens is 1. The Morgan fingerprint density at radius 2 is 2.16 bits per heavy atom. The van der Waals surface area contributed by atoms with Gasteiger partial charge in [0.25, 0.3) is 0 Å². The molecule has 2 rings (SSSR count). The van der Waals surface area contributed by atoms with E-state index in [1.807, 2.05) is 16.7 Å². The van der Waals surface area contributed by atoms with Crippen LogP contribution in [0, 0.1) is 0 Å². The normalized spacial score (nSPS) is 11.4. The summed E-state index contributed by atoms with van der Waals surface area (Å²) < 4.78 is 2.05. The molecule has 1 aromatic heterocycles. The van der Waals surface area contributed by atoms with Gasteiger partial charge in [-0.25, -0.2) is 4.79 Å². The van der Waals surface area contributed by atoms with Crippen molar-refractivity contribution in [3.8, 4) is 0 Å². The Balaban J connectivity index is 2.67. The van der Waals surface area contributed by atoms with E-state index in [1.54, 1.807) is 6.07 Å². The smallest absolute Gasteiger partial charge is 0.337 e. The lowest BCUT2D eigenvalue weighted by Crippen LogP contribution is -2.11. The average molecular weight is 260 g/mol. The second-order valence-corrected chi connectivity index (χ2v) is 4.94. The molecule has 0 amide bonds. The number of nitrogens with zero attached hydrogens (tertiary/aromatic N) is 1. The first-order valence-corrected chi connectivity index (χ1v) is 6.62. The SMILES string of the molecule is CCNCc1cn(C(C)C)c2c(C(=O)O)cccc12. The van der Waals surface area contributed by atoms with E-state index < -0.39 is 5.97 Å². The van der Waals surface area contributed by atoms with Gasteiger partial charge in [-0.05, 0) is 32.0 Å². The molecule has 2 aromatic rings. The standard InChI is InChI=1S/C15H20N2O2/c1-4-16-8-11-9-17(10(2)3)14-12(11)6-5-7-13(14)15(18)19/h5-7,9-10,16H,4,8H2,1-3H3,(H,18,19). The highest BCUT2D eigenvalue weighted by Gasteiger charge is 2.16. The Morgan fingerprint density at radius 3 is 2.74 bits per heavy atom. The number of nitrogens with one attached hydrogen (secondary N) is 1. The van der Waals surface area contributed by atoms with Crippen LogP contribution in [0.1, 0.15) is 42.7 Å². The van der Waals surface area contributed by atoms with Crippen molar-refractivity contribution in [3.05, 3.63) is 35.5 Å². The lowest BCUT2D eigenvalue weighted by Gasteiger charge is -2.10. The van der Waals surface area contributed by atoms with Gasteiger partial charge < -0.3 is 15.0 Å². The van der Waals surface area contributed by atoms with Crippen molar-refractivity contribution in [3.63, 3.8) is 0 Å². The molecular formula is C15H20N2O2. The van der Waals surface area contributed by atoms with Gasteiger partial charge in [0.2, 0.25) is 0 Å². The summed E-state index contributed by atoms with van der Waals surface area (Å²) in [4.78, 5) is 11.4. The third-order valence-corrected chi connectivity index (χ3v) is 3.29. The van der Waals surface area contributed by atoms with Crippen molar-refractivity contribution in [1.29, 1.82) is 0 Å². The monoisotopic (exact) mass is 260 g/mol. The van der Waals surface area contributed by atoms with E-state index >= 15 is 0 Å². The molecule has 0 spiro atoms. The number of fused-ring (bicyclic) bond motifs is 1. The summed E-state index contributed by atoms with van der Waals surface area (Å²) in [5.74, 6) is -0.874. The maximum absolute atomic E-state index is 11.4. The number of carbonyl (C=O) groups is 1. The zero-order valence-corrected chi connectivity index (χ0v) is 11.6. The van der Waals surface area contributed by atoms with Crippen molar-refractivity contribution >= 4 is 16.9 Å². The van der Waals surface area contributed by atoms with E-state index in [0.717, 1.165) is 29.6 Å². The van der Waals surface area contributed by atoms with Crippen molar-refractivity contribution in [2.45, 2.75) is 33.4 Å². The number of hydrogen-bond donors (Lipinski definition) is 2. The van der Waals surface area contributed by atoms with Gasteiger partial charge in [-0.1, -0.05) is 19.1 Å². The van der Waals surface area contributed by atoms with Crippen molar-refractivity contribution < 1.29 is 9.90 Å². The van der Waals surface area contributed by atoms with Gasteiger partial charge in [-0.15, -0.1) is 0 Å². The van der Waals surface area contributed by atoms with Crippen molar-refractivity contribution in [1.82, 2.24) is 9.88 Å². The van der Waals surface area contributed by atoms with E-state index in [-0.39, 0.29) is 6.04 Å². The molecule has 0 atom stereocenters. The summed E-state index contributed by atoms with van der Waals surface area (Å²) >= 11 is 0. The topological polar surface area (TPSA) is 54.3 Å². The molecule has 1 heterocycles. The maximum Gasteiger partial charge on any atom is 0.337 e. The lowest BCUT2D eigenvalue weighted by molar-refractivity contribution is 0.0698. The molecule has 0 fully saturated rings. The predicted octanol–water partition coefficient (Wildman–Crippen LogP) is 3.03. The van der Waals surface area contributed by atoms with E-state index in [2.05, 4.69) is 32.3 Å². The molecule has 0 aliphatic rings. The van der Waals surface area contributed by atoms with Gasteiger partial charge in [0.15, 0.2) is 0 Å². The summed E-state index contributed by atoms with van der Waals surface area (Å²) in [6, 6.07) is 5.71. The zero-order valence-electron chi connectivity index (χ0n) is 11.6. The number of carboxylic acids is 1. The molecule has 0 saturated heterocycles. The quantitative estimate of drug-likeness (QED) is 0.868. The maximum atomic E-state index is 11.4. The van der Waals surface area contributed by atoms with Gasteiger partial charge in [-0.3, -0.25) is 0 Å². The fourth-order valence-corrected chi connectivity index (χ4v) is 2.36. The van der Waals surface area contributed by atoms with E-state index in [4.69, 9.17) is 0 Å². The summed E-state index contributed by atoms with van der Waals surface area (Å²) in [6.07, 6.45) is 2.06. The van der Waals surface area contributed by atoms with Gasteiger partial charge in [0, 0.05) is 24.2 Å². The fourth-order valence-electron chi connectivity index (χ4n) is 2.36. The number of carboxylic acid groups (broad SMARTS) is 1. The molecule has 0 radical (unpaired) electrons. The molecule has 0 aliphatic carbocycles. The Kier molecular flexibility index (Phi) is 3.90. The summed E-state index contributed by atoms with van der Waals surface area (Å²) in [6.45, 7) is 7.84. The third kappa shape index (κ3) is 2.49.